The number of aryl methyl sites for hydroxylation is 2. The van der Waals surface area contributed by atoms with E-state index in [1.807, 2.05) is 6.92 Å². The van der Waals surface area contributed by atoms with Crippen molar-refractivity contribution in [2.75, 3.05) is 5.32 Å². The third-order valence-corrected chi connectivity index (χ3v) is 4.84. The van der Waals surface area contributed by atoms with Gasteiger partial charge in [-0.3, -0.25) is 14.2 Å². The lowest BCUT2D eigenvalue weighted by Gasteiger charge is -2.05. The van der Waals surface area contributed by atoms with Gasteiger partial charge in [0.05, 0.1) is 22.3 Å². The highest BCUT2D eigenvalue weighted by Crippen LogP contribution is 2.28. The van der Waals surface area contributed by atoms with E-state index in [0.29, 0.717) is 22.3 Å². The maximum atomic E-state index is 13.7. The van der Waals surface area contributed by atoms with Crippen molar-refractivity contribution in [3.05, 3.63) is 57.0 Å². The van der Waals surface area contributed by atoms with Crippen molar-refractivity contribution < 1.29 is 13.6 Å². The van der Waals surface area contributed by atoms with Crippen LogP contribution in [0.5, 0.6) is 0 Å². The molecule has 3 rings (SSSR count). The summed E-state index contributed by atoms with van der Waals surface area (Å²) in [4.78, 5) is 29.6. The Hall–Kier alpha value is -2.61. The molecule has 0 unspecified atom stereocenters. The van der Waals surface area contributed by atoms with E-state index in [-0.39, 0.29) is 16.1 Å². The number of hydrogen-bond donors (Lipinski definition) is 1. The third-order valence-electron chi connectivity index (χ3n) is 3.64. The van der Waals surface area contributed by atoms with Gasteiger partial charge in [-0.05, 0) is 31.5 Å². The second kappa shape index (κ2) is 6.12. The zero-order valence-corrected chi connectivity index (χ0v) is 13.7. The Balaban J connectivity index is 2.05. The van der Waals surface area contributed by atoms with Crippen molar-refractivity contribution in [2.24, 2.45) is 0 Å². The number of fused-ring (bicyclic) bond motifs is 1. The van der Waals surface area contributed by atoms with E-state index in [2.05, 4.69) is 10.3 Å². The minimum absolute atomic E-state index is 0.229. The number of nitrogens with zero attached hydrogens (tertiary/aromatic N) is 2. The summed E-state index contributed by atoms with van der Waals surface area (Å²) in [5.74, 6) is -2.01. The Kier molecular flexibility index (Phi) is 4.15. The summed E-state index contributed by atoms with van der Waals surface area (Å²) in [5.41, 5.74) is -0.00682. The number of halogens is 2. The van der Waals surface area contributed by atoms with Gasteiger partial charge in [-0.2, -0.15) is 0 Å². The zero-order chi connectivity index (χ0) is 17.4. The Bertz CT molecular complexity index is 1010. The molecule has 1 N–H and O–H groups in total. The van der Waals surface area contributed by atoms with Crippen LogP contribution < -0.4 is 10.9 Å². The fourth-order valence-electron chi connectivity index (χ4n) is 2.37. The van der Waals surface area contributed by atoms with Crippen LogP contribution in [-0.4, -0.2) is 15.5 Å². The van der Waals surface area contributed by atoms with Crippen molar-refractivity contribution in [3.63, 3.8) is 0 Å². The molecule has 124 valence electrons. The van der Waals surface area contributed by atoms with Crippen LogP contribution in [0.1, 0.15) is 22.2 Å². The van der Waals surface area contributed by atoms with Gasteiger partial charge < -0.3 is 5.32 Å². The molecule has 0 aliphatic carbocycles. The van der Waals surface area contributed by atoms with Gasteiger partial charge in [-0.15, -0.1) is 11.3 Å². The first-order valence-electron chi connectivity index (χ1n) is 7.17. The Morgan fingerprint density at radius 1 is 1.38 bits per heavy atom. The number of benzene rings is 1. The summed E-state index contributed by atoms with van der Waals surface area (Å²) < 4.78 is 28.3. The molecule has 0 fully saturated rings. The quantitative estimate of drug-likeness (QED) is 0.789. The molecule has 3 aromatic rings. The number of thiophene rings is 1. The number of carbonyl (C=O) groups is 1. The van der Waals surface area contributed by atoms with Crippen LogP contribution >= 0.6 is 11.3 Å². The normalized spacial score (nSPS) is 11.0. The average Bonchev–Trinajstić information content (AvgIpc) is 2.89. The van der Waals surface area contributed by atoms with E-state index in [1.54, 1.807) is 6.92 Å². The van der Waals surface area contributed by atoms with Crippen LogP contribution in [0.15, 0.2) is 29.3 Å². The van der Waals surface area contributed by atoms with Crippen molar-refractivity contribution in [1.82, 2.24) is 9.55 Å². The Morgan fingerprint density at radius 2 is 2.12 bits per heavy atom. The molecule has 0 aliphatic rings. The van der Waals surface area contributed by atoms with Crippen LogP contribution in [0.4, 0.5) is 14.5 Å². The van der Waals surface area contributed by atoms with Gasteiger partial charge in [-0.1, -0.05) is 0 Å². The molecular formula is C16H13F2N3O2S. The number of amides is 1. The standard InChI is InChI=1S/C16H13F2N3O2S/c1-3-21-7-19-15-12(16(21)23)8(2)13(24-15)14(22)20-11-6-9(17)4-5-10(11)18/h4-7H,3H2,1-2H3,(H,20,22). The summed E-state index contributed by atoms with van der Waals surface area (Å²) in [6, 6.07) is 2.80. The Morgan fingerprint density at radius 3 is 2.83 bits per heavy atom. The Labute approximate surface area is 139 Å². The second-order valence-corrected chi connectivity index (χ2v) is 6.15. The van der Waals surface area contributed by atoms with Gasteiger partial charge in [0.2, 0.25) is 0 Å². The molecule has 2 aromatic heterocycles. The first-order valence-corrected chi connectivity index (χ1v) is 7.99. The molecule has 24 heavy (non-hydrogen) atoms. The maximum absolute atomic E-state index is 13.7. The summed E-state index contributed by atoms with van der Waals surface area (Å²) in [5, 5.41) is 2.71. The number of anilines is 1. The van der Waals surface area contributed by atoms with Gasteiger partial charge in [0.1, 0.15) is 16.5 Å². The molecule has 8 heteroatoms. The SMILES string of the molecule is CCn1cnc2sc(C(=O)Nc3cc(F)ccc3F)c(C)c2c1=O. The molecule has 0 saturated heterocycles. The first-order chi connectivity index (χ1) is 11.4. The molecule has 0 saturated carbocycles. The van der Waals surface area contributed by atoms with Gasteiger partial charge in [0.15, 0.2) is 0 Å². The van der Waals surface area contributed by atoms with E-state index in [0.717, 1.165) is 29.5 Å². The lowest BCUT2D eigenvalue weighted by atomic mass is 10.2. The maximum Gasteiger partial charge on any atom is 0.266 e. The van der Waals surface area contributed by atoms with Gasteiger partial charge in [0, 0.05) is 12.6 Å². The van der Waals surface area contributed by atoms with Crippen LogP contribution in [-0.2, 0) is 6.54 Å². The monoisotopic (exact) mass is 349 g/mol. The molecule has 0 atom stereocenters. The lowest BCUT2D eigenvalue weighted by Crippen LogP contribution is -2.19. The largest absolute Gasteiger partial charge is 0.319 e. The zero-order valence-electron chi connectivity index (χ0n) is 12.9. The topological polar surface area (TPSA) is 64.0 Å². The summed E-state index contributed by atoms with van der Waals surface area (Å²) in [6.07, 6.45) is 1.43. The number of rotatable bonds is 3. The average molecular weight is 349 g/mol. The highest BCUT2D eigenvalue weighted by Gasteiger charge is 2.20. The van der Waals surface area contributed by atoms with Crippen LogP contribution in [0.2, 0.25) is 0 Å². The van der Waals surface area contributed by atoms with Crippen LogP contribution in [0.25, 0.3) is 10.2 Å². The highest BCUT2D eigenvalue weighted by molar-refractivity contribution is 7.20. The van der Waals surface area contributed by atoms with E-state index in [1.165, 1.54) is 10.9 Å². The van der Waals surface area contributed by atoms with E-state index < -0.39 is 17.5 Å². The molecule has 0 radical (unpaired) electrons. The number of hydrogen-bond acceptors (Lipinski definition) is 4. The number of nitrogens with one attached hydrogen (secondary N) is 1. The summed E-state index contributed by atoms with van der Waals surface area (Å²) >= 11 is 1.04. The second-order valence-electron chi connectivity index (χ2n) is 5.15. The van der Waals surface area contributed by atoms with Crippen molar-refractivity contribution in [1.29, 1.82) is 0 Å². The van der Waals surface area contributed by atoms with Gasteiger partial charge in [0.25, 0.3) is 11.5 Å². The molecule has 2 heterocycles. The number of aromatic nitrogens is 2. The minimum Gasteiger partial charge on any atom is -0.319 e. The molecule has 0 bridgehead atoms. The van der Waals surface area contributed by atoms with Crippen molar-refractivity contribution >= 4 is 33.1 Å². The predicted molar refractivity (Wildman–Crippen MR) is 88.6 cm³/mol. The molecule has 0 spiro atoms. The lowest BCUT2D eigenvalue weighted by molar-refractivity contribution is 0.102. The van der Waals surface area contributed by atoms with Crippen molar-refractivity contribution in [3.8, 4) is 0 Å². The first kappa shape index (κ1) is 16.3. The summed E-state index contributed by atoms with van der Waals surface area (Å²) in [7, 11) is 0. The third kappa shape index (κ3) is 2.69. The number of carbonyl (C=O) groups excluding carboxylic acids is 1. The van der Waals surface area contributed by atoms with E-state index in [4.69, 9.17) is 0 Å². The molecule has 5 nitrogen and oxygen atoms in total. The smallest absolute Gasteiger partial charge is 0.266 e. The molecular weight excluding hydrogens is 336 g/mol. The van der Waals surface area contributed by atoms with E-state index >= 15 is 0 Å². The summed E-state index contributed by atoms with van der Waals surface area (Å²) in [6.45, 7) is 3.92. The van der Waals surface area contributed by atoms with Gasteiger partial charge >= 0.3 is 0 Å². The molecule has 0 aliphatic heterocycles. The molecule has 1 aromatic carbocycles. The van der Waals surface area contributed by atoms with Crippen LogP contribution in [0.3, 0.4) is 0 Å². The van der Waals surface area contributed by atoms with Gasteiger partial charge in [-0.25, -0.2) is 13.8 Å². The van der Waals surface area contributed by atoms with E-state index in [9.17, 15) is 18.4 Å². The van der Waals surface area contributed by atoms with Crippen LogP contribution in [0, 0.1) is 18.6 Å². The molecule has 1 amide bonds. The van der Waals surface area contributed by atoms with Crippen molar-refractivity contribution in [2.45, 2.75) is 20.4 Å². The highest BCUT2D eigenvalue weighted by atomic mass is 32.1. The minimum atomic E-state index is -0.741. The predicted octanol–water partition coefficient (Wildman–Crippen LogP) is 3.32. The fourth-order valence-corrected chi connectivity index (χ4v) is 3.41. The fraction of sp³-hybridized carbons (Fsp3) is 0.188.